The zero-order valence-electron chi connectivity index (χ0n) is 10.3. The third-order valence-electron chi connectivity index (χ3n) is 3.57. The van der Waals surface area contributed by atoms with Crippen molar-refractivity contribution in [3.05, 3.63) is 35.9 Å². The minimum Gasteiger partial charge on any atom is -0.390 e. The predicted octanol–water partition coefficient (Wildman–Crippen LogP) is 2.97. The van der Waals surface area contributed by atoms with E-state index in [-0.39, 0.29) is 12.4 Å². The zero-order chi connectivity index (χ0) is 11.4. The molecule has 0 aromatic heterocycles. The van der Waals surface area contributed by atoms with Gasteiger partial charge in [-0.3, -0.25) is 0 Å². The summed E-state index contributed by atoms with van der Waals surface area (Å²) in [5, 5.41) is 10.5. The van der Waals surface area contributed by atoms with Crippen LogP contribution < -0.4 is 0 Å². The number of halogens is 1. The first-order valence-electron chi connectivity index (χ1n) is 6.01. The van der Waals surface area contributed by atoms with E-state index >= 15 is 0 Å². The van der Waals surface area contributed by atoms with Crippen molar-refractivity contribution in [3.8, 4) is 0 Å². The van der Waals surface area contributed by atoms with Crippen LogP contribution in [-0.4, -0.2) is 23.9 Å². The van der Waals surface area contributed by atoms with Gasteiger partial charge in [0.2, 0.25) is 0 Å². The number of methoxy groups -OCH3 is 1. The molecule has 2 rings (SSSR count). The Hall–Kier alpha value is -0.570. The summed E-state index contributed by atoms with van der Waals surface area (Å²) in [6, 6.07) is 10.2. The molecule has 0 saturated heterocycles. The van der Waals surface area contributed by atoms with E-state index in [0.717, 1.165) is 32.1 Å². The van der Waals surface area contributed by atoms with Crippen LogP contribution in [0.15, 0.2) is 30.3 Å². The van der Waals surface area contributed by atoms with Crippen molar-refractivity contribution < 1.29 is 9.84 Å². The molecule has 1 aliphatic carbocycles. The van der Waals surface area contributed by atoms with Crippen molar-refractivity contribution in [2.45, 2.75) is 43.8 Å². The number of hydrogen-bond acceptors (Lipinski definition) is 2. The van der Waals surface area contributed by atoms with E-state index in [9.17, 15) is 5.11 Å². The highest BCUT2D eigenvalue weighted by Gasteiger charge is 2.33. The quantitative estimate of drug-likeness (QED) is 0.901. The molecule has 0 radical (unpaired) electrons. The van der Waals surface area contributed by atoms with Crippen molar-refractivity contribution in [1.82, 2.24) is 0 Å². The maximum Gasteiger partial charge on any atom is 0.0689 e. The molecule has 1 aromatic rings. The molecule has 1 fully saturated rings. The van der Waals surface area contributed by atoms with E-state index in [0.29, 0.717) is 6.10 Å². The van der Waals surface area contributed by atoms with E-state index in [1.54, 1.807) is 7.11 Å². The molecule has 1 saturated carbocycles. The Morgan fingerprint density at radius 1 is 1.24 bits per heavy atom. The van der Waals surface area contributed by atoms with E-state index in [4.69, 9.17) is 4.74 Å². The second kappa shape index (κ2) is 6.39. The van der Waals surface area contributed by atoms with Crippen LogP contribution in [0.2, 0.25) is 0 Å². The van der Waals surface area contributed by atoms with Crippen LogP contribution in [0.25, 0.3) is 0 Å². The Balaban J connectivity index is 0.00000144. The second-order valence-electron chi connectivity index (χ2n) is 4.82. The zero-order valence-corrected chi connectivity index (χ0v) is 11.1. The monoisotopic (exact) mass is 256 g/mol. The summed E-state index contributed by atoms with van der Waals surface area (Å²) in [4.78, 5) is 0. The predicted molar refractivity (Wildman–Crippen MR) is 71.6 cm³/mol. The van der Waals surface area contributed by atoms with Crippen LogP contribution >= 0.6 is 12.4 Å². The topological polar surface area (TPSA) is 29.5 Å². The molecule has 96 valence electrons. The van der Waals surface area contributed by atoms with Gasteiger partial charge in [-0.15, -0.1) is 12.4 Å². The van der Waals surface area contributed by atoms with Crippen LogP contribution in [0.5, 0.6) is 0 Å². The molecule has 17 heavy (non-hydrogen) atoms. The van der Waals surface area contributed by atoms with Crippen molar-refractivity contribution in [2.75, 3.05) is 7.11 Å². The van der Waals surface area contributed by atoms with Crippen LogP contribution in [0.4, 0.5) is 0 Å². The molecule has 0 bridgehead atoms. The molecule has 1 aromatic carbocycles. The molecule has 0 heterocycles. The average molecular weight is 257 g/mol. The maximum atomic E-state index is 10.5. The van der Waals surface area contributed by atoms with Gasteiger partial charge in [0.05, 0.1) is 11.7 Å². The summed E-state index contributed by atoms with van der Waals surface area (Å²) in [5.41, 5.74) is 0.706. The van der Waals surface area contributed by atoms with Crippen molar-refractivity contribution in [1.29, 1.82) is 0 Å². The Morgan fingerprint density at radius 3 is 2.35 bits per heavy atom. The van der Waals surface area contributed by atoms with Gasteiger partial charge < -0.3 is 9.84 Å². The number of rotatable bonds is 3. The van der Waals surface area contributed by atoms with Gasteiger partial charge in [0.1, 0.15) is 0 Å². The molecule has 1 aliphatic rings. The molecule has 0 unspecified atom stereocenters. The maximum absolute atomic E-state index is 10.5. The average Bonchev–Trinajstić information content (AvgIpc) is 2.31. The smallest absolute Gasteiger partial charge is 0.0689 e. The van der Waals surface area contributed by atoms with Crippen LogP contribution in [0, 0.1) is 0 Å². The van der Waals surface area contributed by atoms with Gasteiger partial charge in [-0.25, -0.2) is 0 Å². The highest BCUT2D eigenvalue weighted by molar-refractivity contribution is 5.85. The minimum atomic E-state index is -0.517. The van der Waals surface area contributed by atoms with E-state index in [1.165, 1.54) is 5.56 Å². The first kappa shape index (κ1) is 14.5. The lowest BCUT2D eigenvalue weighted by Gasteiger charge is -2.35. The van der Waals surface area contributed by atoms with Gasteiger partial charge in [-0.1, -0.05) is 30.3 Å². The fourth-order valence-electron chi connectivity index (χ4n) is 2.52. The molecule has 2 nitrogen and oxygen atoms in total. The molecule has 0 spiro atoms. The lowest BCUT2D eigenvalue weighted by Crippen LogP contribution is -2.38. The van der Waals surface area contributed by atoms with Gasteiger partial charge in [-0.05, 0) is 31.2 Å². The molecule has 1 N–H and O–H groups in total. The molecule has 0 atom stereocenters. The Kier molecular flexibility index (Phi) is 5.44. The van der Waals surface area contributed by atoms with Gasteiger partial charge >= 0.3 is 0 Å². The number of aliphatic hydroxyl groups is 1. The molecular formula is C14H21ClO2. The van der Waals surface area contributed by atoms with Gasteiger partial charge in [-0.2, -0.15) is 0 Å². The largest absolute Gasteiger partial charge is 0.390 e. The van der Waals surface area contributed by atoms with Crippen LogP contribution in [0.3, 0.4) is 0 Å². The summed E-state index contributed by atoms with van der Waals surface area (Å²) < 4.78 is 5.32. The second-order valence-corrected chi connectivity index (χ2v) is 4.82. The SMILES string of the molecule is COC1CCC(O)(Cc2ccccc2)CC1.Cl. The van der Waals surface area contributed by atoms with Crippen molar-refractivity contribution in [3.63, 3.8) is 0 Å². The normalized spacial score (nSPS) is 28.5. The first-order valence-corrected chi connectivity index (χ1v) is 6.01. The van der Waals surface area contributed by atoms with Gasteiger partial charge in [0.25, 0.3) is 0 Å². The van der Waals surface area contributed by atoms with E-state index in [2.05, 4.69) is 12.1 Å². The fraction of sp³-hybridized carbons (Fsp3) is 0.571. The number of hydrogen-bond donors (Lipinski definition) is 1. The number of benzene rings is 1. The first-order chi connectivity index (χ1) is 7.72. The summed E-state index contributed by atoms with van der Waals surface area (Å²) in [5.74, 6) is 0. The van der Waals surface area contributed by atoms with Crippen molar-refractivity contribution >= 4 is 12.4 Å². The standard InChI is InChI=1S/C14H20O2.ClH/c1-16-13-7-9-14(15,10-8-13)11-12-5-3-2-4-6-12;/h2-6,13,15H,7-11H2,1H3;1H. The van der Waals surface area contributed by atoms with Gasteiger partial charge in [0, 0.05) is 13.5 Å². The third-order valence-corrected chi connectivity index (χ3v) is 3.57. The molecule has 0 aliphatic heterocycles. The fourth-order valence-corrected chi connectivity index (χ4v) is 2.52. The molecular weight excluding hydrogens is 236 g/mol. The summed E-state index contributed by atoms with van der Waals surface area (Å²) >= 11 is 0. The lowest BCUT2D eigenvalue weighted by atomic mass is 9.79. The van der Waals surface area contributed by atoms with E-state index < -0.39 is 5.60 Å². The molecule has 0 amide bonds. The lowest BCUT2D eigenvalue weighted by molar-refractivity contribution is -0.0427. The number of ether oxygens (including phenoxy) is 1. The van der Waals surface area contributed by atoms with Crippen LogP contribution in [0.1, 0.15) is 31.2 Å². The van der Waals surface area contributed by atoms with Gasteiger partial charge in [0.15, 0.2) is 0 Å². The Morgan fingerprint density at radius 2 is 1.82 bits per heavy atom. The van der Waals surface area contributed by atoms with Crippen LogP contribution in [-0.2, 0) is 11.2 Å². The van der Waals surface area contributed by atoms with E-state index in [1.807, 2.05) is 18.2 Å². The Labute approximate surface area is 109 Å². The molecule has 3 heteroatoms. The minimum absolute atomic E-state index is 0. The summed E-state index contributed by atoms with van der Waals surface area (Å²) in [7, 11) is 1.76. The Bertz CT molecular complexity index is 318. The highest BCUT2D eigenvalue weighted by Crippen LogP contribution is 2.32. The highest BCUT2D eigenvalue weighted by atomic mass is 35.5. The van der Waals surface area contributed by atoms with Crippen molar-refractivity contribution in [2.24, 2.45) is 0 Å². The third kappa shape index (κ3) is 3.98. The summed E-state index contributed by atoms with van der Waals surface area (Å²) in [6.45, 7) is 0. The summed E-state index contributed by atoms with van der Waals surface area (Å²) in [6.07, 6.45) is 4.75.